The lowest BCUT2D eigenvalue weighted by Crippen LogP contribution is -2.30. The average Bonchev–Trinajstić information content (AvgIpc) is 2.61. The van der Waals surface area contributed by atoms with Gasteiger partial charge in [0.05, 0.1) is 5.70 Å². The van der Waals surface area contributed by atoms with Crippen molar-refractivity contribution in [3.05, 3.63) is 41.3 Å². The van der Waals surface area contributed by atoms with Gasteiger partial charge in [0.1, 0.15) is 5.82 Å². The van der Waals surface area contributed by atoms with Crippen LogP contribution in [0.1, 0.15) is 24.8 Å². The molecule has 3 aliphatic heterocycles. The molecule has 0 atom stereocenters. The van der Waals surface area contributed by atoms with Crippen molar-refractivity contribution in [3.8, 4) is 0 Å². The zero-order valence-electron chi connectivity index (χ0n) is 10.2. The van der Waals surface area contributed by atoms with Crippen molar-refractivity contribution < 1.29 is 9.18 Å². The summed E-state index contributed by atoms with van der Waals surface area (Å²) in [6, 6.07) is 6.29. The number of piperidine rings is 1. The molecule has 0 amide bonds. The molecule has 1 aromatic carbocycles. The molecule has 3 heterocycles. The Kier molecular flexibility index (Phi) is 2.90. The quantitative estimate of drug-likeness (QED) is 0.709. The topological polar surface area (TPSA) is 20.3 Å². The Hall–Kier alpha value is -1.64. The number of fused-ring (bicyclic) bond motifs is 4. The third-order valence-corrected chi connectivity index (χ3v) is 3.89. The maximum atomic E-state index is 12.9. The summed E-state index contributed by atoms with van der Waals surface area (Å²) in [5.74, 6) is 0.553. The average molecular weight is 245 g/mol. The molecule has 0 aromatic heterocycles. The first kappa shape index (κ1) is 11.5. The number of allylic oxidation sites excluding steroid dienone is 1. The van der Waals surface area contributed by atoms with Gasteiger partial charge in [0.15, 0.2) is 5.78 Å². The number of rotatable bonds is 1. The third kappa shape index (κ3) is 2.17. The van der Waals surface area contributed by atoms with Gasteiger partial charge in [-0.1, -0.05) is 12.1 Å². The predicted molar refractivity (Wildman–Crippen MR) is 68.3 cm³/mol. The number of Topliss-reactive ketones (excluding diaryl/α,β-unsaturated/α-hetero) is 1. The van der Waals surface area contributed by atoms with Crippen molar-refractivity contribution in [2.45, 2.75) is 19.3 Å². The van der Waals surface area contributed by atoms with Crippen LogP contribution in [0.15, 0.2) is 30.0 Å². The van der Waals surface area contributed by atoms with E-state index >= 15 is 0 Å². The molecule has 0 spiro atoms. The van der Waals surface area contributed by atoms with E-state index in [0.29, 0.717) is 12.3 Å². The van der Waals surface area contributed by atoms with E-state index < -0.39 is 0 Å². The van der Waals surface area contributed by atoms with E-state index in [-0.39, 0.29) is 11.6 Å². The number of hydrogen-bond acceptors (Lipinski definition) is 2. The fourth-order valence-corrected chi connectivity index (χ4v) is 2.81. The van der Waals surface area contributed by atoms with Gasteiger partial charge < -0.3 is 4.90 Å². The minimum Gasteiger partial charge on any atom is -0.369 e. The Morgan fingerprint density at radius 1 is 1.17 bits per heavy atom. The third-order valence-electron chi connectivity index (χ3n) is 3.89. The Bertz CT molecular complexity index is 484. The first-order chi connectivity index (χ1) is 8.72. The molecule has 3 heteroatoms. The Labute approximate surface area is 106 Å². The normalized spacial score (nSPS) is 22.6. The maximum Gasteiger partial charge on any atom is 0.179 e. The monoisotopic (exact) mass is 245 g/mol. The van der Waals surface area contributed by atoms with Crippen molar-refractivity contribution in [3.63, 3.8) is 0 Å². The highest BCUT2D eigenvalue weighted by molar-refractivity contribution is 5.99. The van der Waals surface area contributed by atoms with E-state index in [9.17, 15) is 9.18 Å². The number of benzene rings is 1. The van der Waals surface area contributed by atoms with Gasteiger partial charge >= 0.3 is 0 Å². The van der Waals surface area contributed by atoms with Crippen LogP contribution in [0.25, 0.3) is 6.08 Å². The minimum atomic E-state index is -0.245. The number of carbonyl (C=O) groups is 1. The molecule has 0 unspecified atom stereocenters. The standard InChI is InChI=1S/C15H16FNO/c16-13-3-1-11(2-4-13)9-14-15(18)10-12-5-7-17(14)8-6-12/h1-4,9,12H,5-8,10H2/b14-9+. The second kappa shape index (κ2) is 4.56. The summed E-state index contributed by atoms with van der Waals surface area (Å²) in [5, 5.41) is 0. The number of carbonyl (C=O) groups excluding carboxylic acids is 1. The minimum absolute atomic E-state index is 0.235. The van der Waals surface area contributed by atoms with Crippen molar-refractivity contribution in [1.82, 2.24) is 4.90 Å². The summed E-state index contributed by atoms with van der Waals surface area (Å²) in [6.07, 6.45) is 4.80. The molecule has 1 aromatic rings. The van der Waals surface area contributed by atoms with E-state index in [1.807, 2.05) is 6.08 Å². The maximum absolute atomic E-state index is 12.9. The van der Waals surface area contributed by atoms with Gasteiger partial charge in [-0.15, -0.1) is 0 Å². The molecular formula is C15H16FNO. The van der Waals surface area contributed by atoms with E-state index in [1.165, 1.54) is 12.1 Å². The fraction of sp³-hybridized carbons (Fsp3) is 0.400. The molecule has 3 fully saturated rings. The van der Waals surface area contributed by atoms with Crippen LogP contribution >= 0.6 is 0 Å². The van der Waals surface area contributed by atoms with Crippen LogP contribution in [-0.2, 0) is 4.79 Å². The zero-order chi connectivity index (χ0) is 12.5. The molecule has 94 valence electrons. The molecule has 2 bridgehead atoms. The summed E-state index contributed by atoms with van der Waals surface area (Å²) in [4.78, 5) is 14.3. The molecule has 0 N–H and O–H groups in total. The van der Waals surface area contributed by atoms with Crippen LogP contribution in [-0.4, -0.2) is 23.8 Å². The summed E-state index contributed by atoms with van der Waals surface area (Å²) in [5.41, 5.74) is 1.70. The lowest BCUT2D eigenvalue weighted by Gasteiger charge is -2.28. The van der Waals surface area contributed by atoms with Crippen LogP contribution in [0.2, 0.25) is 0 Å². The first-order valence-corrected chi connectivity index (χ1v) is 6.48. The van der Waals surface area contributed by atoms with Crippen LogP contribution in [0.4, 0.5) is 4.39 Å². The van der Waals surface area contributed by atoms with Gasteiger partial charge in [0, 0.05) is 19.5 Å². The van der Waals surface area contributed by atoms with Gasteiger partial charge in [0.25, 0.3) is 0 Å². The summed E-state index contributed by atoms with van der Waals surface area (Å²) < 4.78 is 12.9. The van der Waals surface area contributed by atoms with Gasteiger partial charge in [-0.25, -0.2) is 4.39 Å². The summed E-state index contributed by atoms with van der Waals surface area (Å²) in [6.45, 7) is 1.95. The molecule has 3 saturated heterocycles. The lowest BCUT2D eigenvalue weighted by molar-refractivity contribution is -0.116. The predicted octanol–water partition coefficient (Wildman–Crippen LogP) is 2.85. The highest BCUT2D eigenvalue weighted by atomic mass is 19.1. The van der Waals surface area contributed by atoms with Crippen LogP contribution in [0.5, 0.6) is 0 Å². The molecule has 3 aliphatic rings. The fourth-order valence-electron chi connectivity index (χ4n) is 2.81. The number of ketones is 1. The number of hydrogen-bond donors (Lipinski definition) is 0. The number of halogens is 1. The molecule has 0 saturated carbocycles. The summed E-state index contributed by atoms with van der Waals surface area (Å²) in [7, 11) is 0. The van der Waals surface area contributed by atoms with Gasteiger partial charge in [-0.3, -0.25) is 4.79 Å². The van der Waals surface area contributed by atoms with Crippen molar-refractivity contribution in [2.75, 3.05) is 13.1 Å². The highest BCUT2D eigenvalue weighted by Crippen LogP contribution is 2.30. The lowest BCUT2D eigenvalue weighted by atomic mass is 9.95. The molecule has 18 heavy (non-hydrogen) atoms. The molecular weight excluding hydrogens is 229 g/mol. The molecule has 0 radical (unpaired) electrons. The highest BCUT2D eigenvalue weighted by Gasteiger charge is 2.30. The van der Waals surface area contributed by atoms with Crippen molar-refractivity contribution in [2.24, 2.45) is 5.92 Å². The van der Waals surface area contributed by atoms with Crippen LogP contribution in [0, 0.1) is 11.7 Å². The van der Waals surface area contributed by atoms with E-state index in [4.69, 9.17) is 0 Å². The SMILES string of the molecule is O=C1CC2CCN(CC2)/C1=C/c1ccc(F)cc1. The van der Waals surface area contributed by atoms with Gasteiger partial charge in [0.2, 0.25) is 0 Å². The molecule has 2 nitrogen and oxygen atoms in total. The smallest absolute Gasteiger partial charge is 0.179 e. The molecule has 0 aliphatic carbocycles. The van der Waals surface area contributed by atoms with Crippen LogP contribution in [0.3, 0.4) is 0 Å². The van der Waals surface area contributed by atoms with E-state index in [0.717, 1.165) is 37.2 Å². The van der Waals surface area contributed by atoms with Crippen molar-refractivity contribution in [1.29, 1.82) is 0 Å². The second-order valence-electron chi connectivity index (χ2n) is 5.14. The zero-order valence-corrected chi connectivity index (χ0v) is 10.2. The van der Waals surface area contributed by atoms with Gasteiger partial charge in [-0.2, -0.15) is 0 Å². The molecule has 4 rings (SSSR count). The Balaban J connectivity index is 1.93. The van der Waals surface area contributed by atoms with Crippen LogP contribution < -0.4 is 0 Å². The second-order valence-corrected chi connectivity index (χ2v) is 5.14. The van der Waals surface area contributed by atoms with Gasteiger partial charge in [-0.05, 0) is 42.5 Å². The Morgan fingerprint density at radius 2 is 1.83 bits per heavy atom. The van der Waals surface area contributed by atoms with Crippen molar-refractivity contribution >= 4 is 11.9 Å². The van der Waals surface area contributed by atoms with E-state index in [1.54, 1.807) is 12.1 Å². The Morgan fingerprint density at radius 3 is 2.50 bits per heavy atom. The largest absolute Gasteiger partial charge is 0.369 e. The number of nitrogens with zero attached hydrogens (tertiary/aromatic N) is 1. The first-order valence-electron chi connectivity index (χ1n) is 6.48. The summed E-state index contributed by atoms with van der Waals surface area (Å²) >= 11 is 0. The van der Waals surface area contributed by atoms with E-state index in [2.05, 4.69) is 4.90 Å².